The average molecular weight is 213 g/mol. The molecule has 0 radical (unpaired) electrons. The molecule has 0 aromatic heterocycles. The molecule has 1 saturated heterocycles. The molecule has 2 nitrogen and oxygen atoms in total. The van der Waals surface area contributed by atoms with Gasteiger partial charge in [0.25, 0.3) is 0 Å². The molecule has 2 unspecified atom stereocenters. The molecule has 1 fully saturated rings. The molecule has 1 N–H and O–H groups in total. The number of likely N-dealkylation sites (tertiary alicyclic amines) is 1. The summed E-state index contributed by atoms with van der Waals surface area (Å²) in [4.78, 5) is 2.45. The van der Waals surface area contributed by atoms with Gasteiger partial charge >= 0.3 is 0 Å². The molecule has 0 amide bonds. The highest BCUT2D eigenvalue weighted by molar-refractivity contribution is 4.85. The zero-order valence-corrected chi connectivity index (χ0v) is 10.8. The first-order chi connectivity index (χ1) is 7.02. The largest absolute Gasteiger partial charge is 0.392 e. The van der Waals surface area contributed by atoms with Gasteiger partial charge in [0.2, 0.25) is 0 Å². The van der Waals surface area contributed by atoms with Crippen LogP contribution < -0.4 is 0 Å². The summed E-state index contributed by atoms with van der Waals surface area (Å²) in [6, 6.07) is 0.330. The van der Waals surface area contributed by atoms with E-state index in [1.54, 1.807) is 0 Å². The highest BCUT2D eigenvalue weighted by Gasteiger charge is 2.31. The Kier molecular flexibility index (Phi) is 4.60. The van der Waals surface area contributed by atoms with Crippen molar-refractivity contribution in [2.45, 2.75) is 65.5 Å². The average Bonchev–Trinajstić information content (AvgIpc) is 2.28. The fourth-order valence-corrected chi connectivity index (χ4v) is 2.41. The Morgan fingerprint density at radius 3 is 2.20 bits per heavy atom. The number of nitrogens with zero attached hydrogens (tertiary/aromatic N) is 1. The van der Waals surface area contributed by atoms with E-state index < -0.39 is 0 Å². The van der Waals surface area contributed by atoms with Crippen LogP contribution in [0.5, 0.6) is 0 Å². The number of piperidine rings is 1. The maximum Gasteiger partial charge on any atom is 0.0690 e. The quantitative estimate of drug-likeness (QED) is 0.776. The molecular formula is C13H27NO. The molecule has 15 heavy (non-hydrogen) atoms. The van der Waals surface area contributed by atoms with Crippen molar-refractivity contribution in [1.82, 2.24) is 4.90 Å². The monoisotopic (exact) mass is 213 g/mol. The summed E-state index contributed by atoms with van der Waals surface area (Å²) >= 11 is 0. The third kappa shape index (κ3) is 3.18. The fourth-order valence-electron chi connectivity index (χ4n) is 2.41. The Morgan fingerprint density at radius 2 is 1.80 bits per heavy atom. The lowest BCUT2D eigenvalue weighted by atomic mass is 9.78. The lowest BCUT2D eigenvalue weighted by Crippen LogP contribution is -2.47. The molecule has 90 valence electrons. The second-order valence-electron chi connectivity index (χ2n) is 5.42. The molecule has 1 heterocycles. The molecular weight excluding hydrogens is 186 g/mol. The van der Waals surface area contributed by atoms with Crippen molar-refractivity contribution in [2.75, 3.05) is 13.1 Å². The summed E-state index contributed by atoms with van der Waals surface area (Å²) in [5.41, 5.74) is 0.549. The van der Waals surface area contributed by atoms with Crippen molar-refractivity contribution in [3.05, 3.63) is 0 Å². The number of hydrogen-bond donors (Lipinski definition) is 1. The molecule has 0 aliphatic carbocycles. The van der Waals surface area contributed by atoms with Crippen molar-refractivity contribution in [1.29, 1.82) is 0 Å². The van der Waals surface area contributed by atoms with E-state index in [1.165, 1.54) is 19.3 Å². The van der Waals surface area contributed by atoms with E-state index in [2.05, 4.69) is 32.6 Å². The topological polar surface area (TPSA) is 23.5 Å². The van der Waals surface area contributed by atoms with Crippen LogP contribution in [-0.4, -0.2) is 35.2 Å². The SMILES string of the molecule is CCC(O)C(C)N1CCC(C)(CC)CC1. The van der Waals surface area contributed by atoms with Crippen molar-refractivity contribution >= 4 is 0 Å². The van der Waals surface area contributed by atoms with E-state index in [4.69, 9.17) is 0 Å². The minimum atomic E-state index is -0.156. The number of rotatable bonds is 4. The van der Waals surface area contributed by atoms with E-state index in [0.29, 0.717) is 11.5 Å². The van der Waals surface area contributed by atoms with Gasteiger partial charge in [-0.25, -0.2) is 0 Å². The third-order valence-corrected chi connectivity index (χ3v) is 4.41. The summed E-state index contributed by atoms with van der Waals surface area (Å²) in [6.07, 6.45) is 4.55. The van der Waals surface area contributed by atoms with Gasteiger partial charge in [0.1, 0.15) is 0 Å². The van der Waals surface area contributed by atoms with Crippen LogP contribution in [0.25, 0.3) is 0 Å². The first-order valence-corrected chi connectivity index (χ1v) is 6.44. The maximum atomic E-state index is 9.82. The van der Waals surface area contributed by atoms with Crippen molar-refractivity contribution in [3.63, 3.8) is 0 Å². The summed E-state index contributed by atoms with van der Waals surface area (Å²) in [5.74, 6) is 0. The minimum absolute atomic E-state index is 0.156. The minimum Gasteiger partial charge on any atom is -0.392 e. The first-order valence-electron chi connectivity index (χ1n) is 6.44. The van der Waals surface area contributed by atoms with E-state index in [0.717, 1.165) is 19.5 Å². The maximum absolute atomic E-state index is 9.82. The van der Waals surface area contributed by atoms with E-state index in [1.807, 2.05) is 0 Å². The van der Waals surface area contributed by atoms with Crippen molar-refractivity contribution in [2.24, 2.45) is 5.41 Å². The zero-order chi connectivity index (χ0) is 11.5. The van der Waals surface area contributed by atoms with Gasteiger partial charge in [-0.2, -0.15) is 0 Å². The fraction of sp³-hybridized carbons (Fsp3) is 1.00. The van der Waals surface area contributed by atoms with Crippen molar-refractivity contribution < 1.29 is 5.11 Å². The van der Waals surface area contributed by atoms with Gasteiger partial charge in [0.15, 0.2) is 0 Å². The Bertz CT molecular complexity index is 185. The highest BCUT2D eigenvalue weighted by Crippen LogP contribution is 2.34. The summed E-state index contributed by atoms with van der Waals surface area (Å²) in [7, 11) is 0. The summed E-state index contributed by atoms with van der Waals surface area (Å²) in [5, 5.41) is 9.82. The number of aliphatic hydroxyl groups is 1. The van der Waals surface area contributed by atoms with Crippen LogP contribution in [0.1, 0.15) is 53.4 Å². The van der Waals surface area contributed by atoms with E-state index in [9.17, 15) is 5.11 Å². The lowest BCUT2D eigenvalue weighted by molar-refractivity contribution is 0.0178. The van der Waals surface area contributed by atoms with Gasteiger partial charge in [-0.1, -0.05) is 27.2 Å². The van der Waals surface area contributed by atoms with Crippen LogP contribution in [0.4, 0.5) is 0 Å². The van der Waals surface area contributed by atoms with Crippen LogP contribution in [0, 0.1) is 5.41 Å². The van der Waals surface area contributed by atoms with Gasteiger partial charge in [0.05, 0.1) is 6.10 Å². The van der Waals surface area contributed by atoms with Crippen LogP contribution in [0.3, 0.4) is 0 Å². The van der Waals surface area contributed by atoms with Gasteiger partial charge in [0, 0.05) is 6.04 Å². The van der Waals surface area contributed by atoms with Crippen LogP contribution in [0.2, 0.25) is 0 Å². The Labute approximate surface area is 94.7 Å². The van der Waals surface area contributed by atoms with Crippen LogP contribution in [0.15, 0.2) is 0 Å². The normalized spacial score (nSPS) is 26.2. The van der Waals surface area contributed by atoms with Gasteiger partial charge < -0.3 is 5.11 Å². The molecule has 0 saturated carbocycles. The van der Waals surface area contributed by atoms with Gasteiger partial charge in [-0.15, -0.1) is 0 Å². The lowest BCUT2D eigenvalue weighted by Gasteiger charge is -2.42. The van der Waals surface area contributed by atoms with Crippen LogP contribution in [-0.2, 0) is 0 Å². The van der Waals surface area contributed by atoms with Gasteiger partial charge in [-0.3, -0.25) is 4.90 Å². The molecule has 0 aromatic rings. The highest BCUT2D eigenvalue weighted by atomic mass is 16.3. The predicted molar refractivity (Wildman–Crippen MR) is 65.0 cm³/mol. The second-order valence-corrected chi connectivity index (χ2v) is 5.42. The molecule has 2 atom stereocenters. The molecule has 1 rings (SSSR count). The number of aliphatic hydroxyl groups excluding tert-OH is 1. The molecule has 1 aliphatic rings. The Balaban J connectivity index is 2.43. The Morgan fingerprint density at radius 1 is 1.27 bits per heavy atom. The molecule has 2 heteroatoms. The van der Waals surface area contributed by atoms with Gasteiger partial charge in [-0.05, 0) is 44.7 Å². The molecule has 0 spiro atoms. The number of hydrogen-bond acceptors (Lipinski definition) is 2. The smallest absolute Gasteiger partial charge is 0.0690 e. The second kappa shape index (κ2) is 5.31. The Hall–Kier alpha value is -0.0800. The predicted octanol–water partition coefficient (Wildman–Crippen LogP) is 2.66. The van der Waals surface area contributed by atoms with Crippen LogP contribution >= 0.6 is 0 Å². The summed E-state index contributed by atoms with van der Waals surface area (Å²) in [6.45, 7) is 11.2. The molecule has 0 bridgehead atoms. The van der Waals surface area contributed by atoms with Crippen molar-refractivity contribution in [3.8, 4) is 0 Å². The molecule has 0 aromatic carbocycles. The first kappa shape index (κ1) is 13.0. The zero-order valence-electron chi connectivity index (χ0n) is 10.8. The third-order valence-electron chi connectivity index (χ3n) is 4.41. The summed E-state index contributed by atoms with van der Waals surface area (Å²) < 4.78 is 0. The van der Waals surface area contributed by atoms with E-state index >= 15 is 0 Å². The molecule has 1 aliphatic heterocycles. The van der Waals surface area contributed by atoms with E-state index in [-0.39, 0.29) is 6.10 Å². The standard InChI is InChI=1S/C13H27NO/c1-5-12(15)11(3)14-9-7-13(4,6-2)8-10-14/h11-12,15H,5-10H2,1-4H3.